The monoisotopic (exact) mass is 324 g/mol. The lowest BCUT2D eigenvalue weighted by molar-refractivity contribution is -0.130. The van der Waals surface area contributed by atoms with E-state index < -0.39 is 5.82 Å². The maximum atomic E-state index is 13.0. The van der Waals surface area contributed by atoms with Gasteiger partial charge in [-0.2, -0.15) is 0 Å². The molecule has 1 aliphatic rings. The number of anilines is 1. The predicted octanol–water partition coefficient (Wildman–Crippen LogP) is 3.54. The van der Waals surface area contributed by atoms with E-state index in [-0.39, 0.29) is 17.5 Å². The number of carbonyl (C=O) groups excluding carboxylic acids is 1. The standard InChI is InChI=1S/C15H14ClFN2OS/c16-12-7-11(17)1-2-13(12)18-8-15(20)19-5-3-14-10(9-19)4-6-21-14/h1-2,4,6-7,18H,3,5,8-9H2. The van der Waals surface area contributed by atoms with Crippen LogP contribution < -0.4 is 5.32 Å². The fraction of sp³-hybridized carbons (Fsp3) is 0.267. The molecule has 0 unspecified atom stereocenters. The van der Waals surface area contributed by atoms with Gasteiger partial charge in [-0.3, -0.25) is 4.79 Å². The number of amides is 1. The summed E-state index contributed by atoms with van der Waals surface area (Å²) in [6, 6.07) is 6.16. The smallest absolute Gasteiger partial charge is 0.242 e. The molecule has 0 saturated carbocycles. The topological polar surface area (TPSA) is 32.3 Å². The molecule has 0 aliphatic carbocycles. The van der Waals surface area contributed by atoms with Gasteiger partial charge in [0.05, 0.1) is 17.3 Å². The first-order valence-corrected chi connectivity index (χ1v) is 7.91. The van der Waals surface area contributed by atoms with Gasteiger partial charge in [0.25, 0.3) is 0 Å². The molecule has 0 fully saturated rings. The summed E-state index contributed by atoms with van der Waals surface area (Å²) in [6.45, 7) is 1.56. The largest absolute Gasteiger partial charge is 0.375 e. The molecule has 1 N–H and O–H groups in total. The van der Waals surface area contributed by atoms with E-state index in [9.17, 15) is 9.18 Å². The molecule has 0 saturated heterocycles. The van der Waals surface area contributed by atoms with E-state index in [0.717, 1.165) is 13.0 Å². The van der Waals surface area contributed by atoms with E-state index in [1.165, 1.54) is 28.6 Å². The summed E-state index contributed by atoms with van der Waals surface area (Å²) in [6.07, 6.45) is 0.913. The molecule has 0 radical (unpaired) electrons. The number of hydrogen-bond acceptors (Lipinski definition) is 3. The van der Waals surface area contributed by atoms with Gasteiger partial charge < -0.3 is 10.2 Å². The minimum atomic E-state index is -0.391. The van der Waals surface area contributed by atoms with Crippen LogP contribution in [-0.2, 0) is 17.8 Å². The quantitative estimate of drug-likeness (QED) is 0.936. The average Bonchev–Trinajstić information content (AvgIpc) is 2.93. The first-order valence-electron chi connectivity index (χ1n) is 6.65. The van der Waals surface area contributed by atoms with E-state index in [1.807, 2.05) is 4.90 Å². The van der Waals surface area contributed by atoms with Crippen LogP contribution in [0.3, 0.4) is 0 Å². The van der Waals surface area contributed by atoms with Crippen LogP contribution in [0.2, 0.25) is 5.02 Å². The molecule has 1 aliphatic heterocycles. The second-order valence-electron chi connectivity index (χ2n) is 4.91. The number of hydrogen-bond donors (Lipinski definition) is 1. The summed E-state index contributed by atoms with van der Waals surface area (Å²) in [4.78, 5) is 15.4. The Balaban J connectivity index is 1.60. The molecule has 0 atom stereocenters. The molecule has 3 rings (SSSR count). The van der Waals surface area contributed by atoms with Crippen molar-refractivity contribution in [1.29, 1.82) is 0 Å². The van der Waals surface area contributed by atoms with Crippen LogP contribution in [0.4, 0.5) is 10.1 Å². The third kappa shape index (κ3) is 3.19. The Bertz CT molecular complexity index is 673. The number of benzene rings is 1. The molecule has 110 valence electrons. The SMILES string of the molecule is O=C(CNc1ccc(F)cc1Cl)N1CCc2sccc2C1. The van der Waals surface area contributed by atoms with Gasteiger partial charge in [-0.1, -0.05) is 11.6 Å². The van der Waals surface area contributed by atoms with Gasteiger partial charge in [-0.05, 0) is 41.6 Å². The van der Waals surface area contributed by atoms with Crippen LogP contribution in [0.15, 0.2) is 29.6 Å². The lowest BCUT2D eigenvalue weighted by atomic mass is 10.1. The highest BCUT2D eigenvalue weighted by atomic mass is 35.5. The van der Waals surface area contributed by atoms with E-state index in [4.69, 9.17) is 11.6 Å². The molecule has 1 aromatic carbocycles. The number of thiophene rings is 1. The summed E-state index contributed by atoms with van der Waals surface area (Å²) in [5, 5.41) is 5.31. The maximum absolute atomic E-state index is 13.0. The van der Waals surface area contributed by atoms with Crippen LogP contribution in [0.1, 0.15) is 10.4 Å². The van der Waals surface area contributed by atoms with Gasteiger partial charge in [0.15, 0.2) is 0 Å². The fourth-order valence-electron chi connectivity index (χ4n) is 2.38. The zero-order valence-electron chi connectivity index (χ0n) is 11.2. The van der Waals surface area contributed by atoms with Crippen LogP contribution in [0.25, 0.3) is 0 Å². The second-order valence-corrected chi connectivity index (χ2v) is 6.32. The number of rotatable bonds is 3. The van der Waals surface area contributed by atoms with Crippen molar-refractivity contribution in [2.75, 3.05) is 18.4 Å². The number of carbonyl (C=O) groups is 1. The van der Waals surface area contributed by atoms with Crippen LogP contribution in [-0.4, -0.2) is 23.9 Å². The van der Waals surface area contributed by atoms with E-state index >= 15 is 0 Å². The summed E-state index contributed by atoms with van der Waals surface area (Å²) >= 11 is 7.67. The van der Waals surface area contributed by atoms with Gasteiger partial charge in [0, 0.05) is 18.0 Å². The van der Waals surface area contributed by atoms with Crippen molar-refractivity contribution in [2.45, 2.75) is 13.0 Å². The van der Waals surface area contributed by atoms with Crippen molar-refractivity contribution in [1.82, 2.24) is 4.90 Å². The van der Waals surface area contributed by atoms with Crippen molar-refractivity contribution >= 4 is 34.5 Å². The first-order chi connectivity index (χ1) is 10.1. The zero-order chi connectivity index (χ0) is 14.8. The van der Waals surface area contributed by atoms with E-state index in [0.29, 0.717) is 12.2 Å². The van der Waals surface area contributed by atoms with Crippen LogP contribution >= 0.6 is 22.9 Å². The number of fused-ring (bicyclic) bond motifs is 1. The van der Waals surface area contributed by atoms with Crippen LogP contribution in [0.5, 0.6) is 0 Å². The Morgan fingerprint density at radius 3 is 3.10 bits per heavy atom. The zero-order valence-corrected chi connectivity index (χ0v) is 12.8. The Hall–Kier alpha value is -1.59. The summed E-state index contributed by atoms with van der Waals surface area (Å²) < 4.78 is 13.0. The normalized spacial score (nSPS) is 13.9. The van der Waals surface area contributed by atoms with Crippen molar-refractivity contribution in [2.24, 2.45) is 0 Å². The second kappa shape index (κ2) is 6.03. The van der Waals surface area contributed by atoms with E-state index in [2.05, 4.69) is 16.8 Å². The lowest BCUT2D eigenvalue weighted by Gasteiger charge is -2.27. The van der Waals surface area contributed by atoms with Gasteiger partial charge >= 0.3 is 0 Å². The molecule has 0 spiro atoms. The molecule has 1 aromatic heterocycles. The molecular weight excluding hydrogens is 311 g/mol. The molecule has 6 heteroatoms. The molecule has 0 bridgehead atoms. The van der Waals surface area contributed by atoms with Gasteiger partial charge in [0.1, 0.15) is 5.82 Å². The van der Waals surface area contributed by atoms with Gasteiger partial charge in [-0.15, -0.1) is 11.3 Å². The highest BCUT2D eigenvalue weighted by Gasteiger charge is 2.21. The average molecular weight is 325 g/mol. The Kier molecular flexibility index (Phi) is 4.12. The molecule has 2 aromatic rings. The molecule has 2 heterocycles. The number of nitrogens with zero attached hydrogens (tertiary/aromatic N) is 1. The minimum Gasteiger partial charge on any atom is -0.375 e. The Morgan fingerprint density at radius 1 is 1.43 bits per heavy atom. The van der Waals surface area contributed by atoms with Crippen molar-refractivity contribution in [3.8, 4) is 0 Å². The van der Waals surface area contributed by atoms with Crippen molar-refractivity contribution < 1.29 is 9.18 Å². The fourth-order valence-corrected chi connectivity index (χ4v) is 3.50. The van der Waals surface area contributed by atoms with Gasteiger partial charge in [-0.25, -0.2) is 4.39 Å². The maximum Gasteiger partial charge on any atom is 0.242 e. The van der Waals surface area contributed by atoms with Crippen molar-refractivity contribution in [3.63, 3.8) is 0 Å². The Labute approximate surface area is 131 Å². The summed E-state index contributed by atoms with van der Waals surface area (Å²) in [5.41, 5.74) is 1.80. The third-order valence-electron chi connectivity index (χ3n) is 3.52. The number of halogens is 2. The highest BCUT2D eigenvalue weighted by Crippen LogP contribution is 2.25. The van der Waals surface area contributed by atoms with Gasteiger partial charge in [0.2, 0.25) is 5.91 Å². The molecule has 3 nitrogen and oxygen atoms in total. The Morgan fingerprint density at radius 2 is 2.29 bits per heavy atom. The third-order valence-corrected chi connectivity index (χ3v) is 4.86. The molecular formula is C15H14ClFN2OS. The highest BCUT2D eigenvalue weighted by molar-refractivity contribution is 7.10. The number of nitrogens with one attached hydrogen (secondary N) is 1. The summed E-state index contributed by atoms with van der Waals surface area (Å²) in [7, 11) is 0. The summed E-state index contributed by atoms with van der Waals surface area (Å²) in [5.74, 6) is -0.370. The first kappa shape index (κ1) is 14.4. The molecule has 21 heavy (non-hydrogen) atoms. The molecule has 1 amide bonds. The van der Waals surface area contributed by atoms with Crippen LogP contribution in [0, 0.1) is 5.82 Å². The minimum absolute atomic E-state index is 0.0206. The predicted molar refractivity (Wildman–Crippen MR) is 83.3 cm³/mol. The van der Waals surface area contributed by atoms with Crippen molar-refractivity contribution in [3.05, 3.63) is 50.9 Å². The lowest BCUT2D eigenvalue weighted by Crippen LogP contribution is -2.38. The van der Waals surface area contributed by atoms with E-state index in [1.54, 1.807) is 11.3 Å².